The van der Waals surface area contributed by atoms with Crippen LogP contribution < -0.4 is 10.6 Å². The molecule has 19 heavy (non-hydrogen) atoms. The van der Waals surface area contributed by atoms with E-state index in [0.29, 0.717) is 10.0 Å². The maximum absolute atomic E-state index is 6.03. The third-order valence-corrected chi connectivity index (χ3v) is 4.85. The average molecular weight is 309 g/mol. The van der Waals surface area contributed by atoms with Crippen molar-refractivity contribution in [3.05, 3.63) is 50.7 Å². The summed E-state index contributed by atoms with van der Waals surface area (Å²) in [5.41, 5.74) is 9.16. The predicted molar refractivity (Wildman–Crippen MR) is 86.4 cm³/mol. The van der Waals surface area contributed by atoms with Crippen LogP contribution in [-0.2, 0) is 13.0 Å². The molecule has 0 saturated carbocycles. The summed E-state index contributed by atoms with van der Waals surface area (Å²) in [7, 11) is 0. The van der Waals surface area contributed by atoms with E-state index in [4.69, 9.17) is 29.6 Å². The van der Waals surface area contributed by atoms with Crippen molar-refractivity contribution < 1.29 is 0 Å². The molecule has 1 aliphatic heterocycles. The number of hydrogen-bond acceptors (Lipinski definition) is 3. The molecular formula is C14H13ClN2S2. The quantitative estimate of drug-likeness (QED) is 0.860. The van der Waals surface area contributed by atoms with E-state index in [1.54, 1.807) is 0 Å². The molecule has 1 aromatic heterocycles. The molecule has 1 aliphatic rings. The highest BCUT2D eigenvalue weighted by Gasteiger charge is 2.20. The molecular weight excluding hydrogens is 296 g/mol. The highest BCUT2D eigenvalue weighted by Crippen LogP contribution is 2.31. The van der Waals surface area contributed by atoms with Crippen LogP contribution in [0.3, 0.4) is 0 Å². The Kier molecular flexibility index (Phi) is 3.48. The van der Waals surface area contributed by atoms with Gasteiger partial charge in [0.25, 0.3) is 0 Å². The van der Waals surface area contributed by atoms with Crippen molar-refractivity contribution in [1.82, 2.24) is 0 Å². The monoisotopic (exact) mass is 308 g/mol. The molecule has 0 fully saturated rings. The van der Waals surface area contributed by atoms with Gasteiger partial charge in [0.05, 0.1) is 0 Å². The zero-order valence-electron chi connectivity index (χ0n) is 10.2. The average Bonchev–Trinajstić information content (AvgIpc) is 2.85. The molecule has 0 amide bonds. The molecule has 1 aromatic carbocycles. The Morgan fingerprint density at radius 1 is 1.37 bits per heavy atom. The first-order valence-electron chi connectivity index (χ1n) is 6.04. The molecule has 2 nitrogen and oxygen atoms in total. The Hall–Kier alpha value is -1.10. The lowest BCUT2D eigenvalue weighted by atomic mass is 10.1. The van der Waals surface area contributed by atoms with Gasteiger partial charge in [0.1, 0.15) is 4.99 Å². The fourth-order valence-corrected chi connectivity index (χ4v) is 3.66. The molecule has 0 aliphatic carbocycles. The van der Waals surface area contributed by atoms with Crippen LogP contribution in [0.15, 0.2) is 29.6 Å². The van der Waals surface area contributed by atoms with Gasteiger partial charge < -0.3 is 10.6 Å². The molecule has 0 unspecified atom stereocenters. The third-order valence-electron chi connectivity index (χ3n) is 3.37. The van der Waals surface area contributed by atoms with Gasteiger partial charge in [-0.25, -0.2) is 0 Å². The minimum absolute atomic E-state index is 0.397. The van der Waals surface area contributed by atoms with Crippen molar-refractivity contribution in [1.29, 1.82) is 0 Å². The van der Waals surface area contributed by atoms with Crippen molar-refractivity contribution in [2.75, 3.05) is 11.4 Å². The number of thiocarbonyl (C=S) groups is 1. The Bertz CT molecular complexity index is 636. The summed E-state index contributed by atoms with van der Waals surface area (Å²) in [4.78, 5) is 4.20. The van der Waals surface area contributed by atoms with Crippen LogP contribution in [-0.4, -0.2) is 11.5 Å². The maximum Gasteiger partial charge on any atom is 0.106 e. The van der Waals surface area contributed by atoms with Gasteiger partial charge in [0.15, 0.2) is 0 Å². The van der Waals surface area contributed by atoms with Crippen molar-refractivity contribution in [2.45, 2.75) is 13.0 Å². The Labute approximate surface area is 126 Å². The van der Waals surface area contributed by atoms with Crippen LogP contribution in [0.4, 0.5) is 5.69 Å². The lowest BCUT2D eigenvalue weighted by Crippen LogP contribution is -2.31. The van der Waals surface area contributed by atoms with Crippen LogP contribution in [0.5, 0.6) is 0 Å². The molecule has 0 radical (unpaired) electrons. The van der Waals surface area contributed by atoms with Gasteiger partial charge in [0, 0.05) is 34.2 Å². The number of nitrogens with zero attached hydrogens (tertiary/aromatic N) is 1. The standard InChI is InChI=1S/C14H13ClN2S2/c15-10-1-2-12(11(7-10)14(16)18)17-5-3-13-9(8-17)4-6-19-13/h1-2,4,6-7H,3,5,8H2,(H2,16,18). The van der Waals surface area contributed by atoms with E-state index in [-0.39, 0.29) is 0 Å². The van der Waals surface area contributed by atoms with E-state index in [9.17, 15) is 0 Å². The topological polar surface area (TPSA) is 29.3 Å². The SMILES string of the molecule is NC(=S)c1cc(Cl)ccc1N1CCc2sccc2C1. The normalized spacial score (nSPS) is 14.3. The summed E-state index contributed by atoms with van der Waals surface area (Å²) in [5, 5.41) is 2.82. The number of hydrogen-bond donors (Lipinski definition) is 1. The van der Waals surface area contributed by atoms with Crippen molar-refractivity contribution in [3.63, 3.8) is 0 Å². The summed E-state index contributed by atoms with van der Waals surface area (Å²) < 4.78 is 0. The Morgan fingerprint density at radius 3 is 3.00 bits per heavy atom. The van der Waals surface area contributed by atoms with E-state index in [0.717, 1.165) is 30.8 Å². The number of anilines is 1. The number of nitrogens with two attached hydrogens (primary N) is 1. The molecule has 0 atom stereocenters. The Balaban J connectivity index is 1.98. The molecule has 98 valence electrons. The zero-order chi connectivity index (χ0) is 13.4. The van der Waals surface area contributed by atoms with Gasteiger partial charge in [-0.1, -0.05) is 23.8 Å². The minimum atomic E-state index is 0.397. The van der Waals surface area contributed by atoms with Crippen LogP contribution in [0.1, 0.15) is 16.0 Å². The first-order chi connectivity index (χ1) is 9.15. The van der Waals surface area contributed by atoms with Gasteiger partial charge >= 0.3 is 0 Å². The number of halogens is 1. The molecule has 5 heteroatoms. The largest absolute Gasteiger partial charge is 0.389 e. The summed E-state index contributed by atoms with van der Waals surface area (Å²) in [6.45, 7) is 1.90. The first kappa shape index (κ1) is 12.9. The lowest BCUT2D eigenvalue weighted by molar-refractivity contribution is 0.743. The second-order valence-electron chi connectivity index (χ2n) is 4.57. The van der Waals surface area contributed by atoms with Crippen molar-refractivity contribution in [2.24, 2.45) is 5.73 Å². The van der Waals surface area contributed by atoms with E-state index < -0.39 is 0 Å². The van der Waals surface area contributed by atoms with E-state index in [1.165, 1.54) is 10.4 Å². The number of benzene rings is 1. The van der Waals surface area contributed by atoms with Gasteiger partial charge in [-0.05, 0) is 41.6 Å². The van der Waals surface area contributed by atoms with Crippen molar-refractivity contribution >= 4 is 45.8 Å². The third kappa shape index (κ3) is 2.48. The summed E-state index contributed by atoms with van der Waals surface area (Å²) in [6.07, 6.45) is 1.08. The smallest absolute Gasteiger partial charge is 0.106 e. The van der Waals surface area contributed by atoms with Crippen LogP contribution in [0, 0.1) is 0 Å². The van der Waals surface area contributed by atoms with E-state index in [1.807, 2.05) is 29.5 Å². The summed E-state index contributed by atoms with van der Waals surface area (Å²) in [5.74, 6) is 0. The van der Waals surface area contributed by atoms with E-state index in [2.05, 4.69) is 16.3 Å². The highest BCUT2D eigenvalue weighted by atomic mass is 35.5. The fourth-order valence-electron chi connectivity index (χ4n) is 2.44. The maximum atomic E-state index is 6.03. The summed E-state index contributed by atoms with van der Waals surface area (Å²) >= 11 is 13.0. The lowest BCUT2D eigenvalue weighted by Gasteiger charge is -2.30. The van der Waals surface area contributed by atoms with Crippen molar-refractivity contribution in [3.8, 4) is 0 Å². The van der Waals surface area contributed by atoms with Gasteiger partial charge in [-0.2, -0.15) is 0 Å². The van der Waals surface area contributed by atoms with E-state index >= 15 is 0 Å². The first-order valence-corrected chi connectivity index (χ1v) is 7.71. The zero-order valence-corrected chi connectivity index (χ0v) is 12.6. The van der Waals surface area contributed by atoms with Gasteiger partial charge in [-0.15, -0.1) is 11.3 Å². The van der Waals surface area contributed by atoms with Crippen LogP contribution in [0.2, 0.25) is 5.02 Å². The fraction of sp³-hybridized carbons (Fsp3) is 0.214. The highest BCUT2D eigenvalue weighted by molar-refractivity contribution is 7.80. The molecule has 2 N–H and O–H groups in total. The number of fused-ring (bicyclic) bond motifs is 1. The minimum Gasteiger partial charge on any atom is -0.389 e. The number of rotatable bonds is 2. The second kappa shape index (κ2) is 5.12. The molecule has 0 spiro atoms. The molecule has 2 heterocycles. The molecule has 0 bridgehead atoms. The summed E-state index contributed by atoms with van der Waals surface area (Å²) in [6, 6.07) is 7.95. The Morgan fingerprint density at radius 2 is 2.21 bits per heavy atom. The number of thiophene rings is 1. The predicted octanol–water partition coefficient (Wildman–Crippen LogP) is 3.60. The molecule has 0 saturated heterocycles. The van der Waals surface area contributed by atoms with Crippen LogP contribution >= 0.6 is 35.2 Å². The molecule has 3 rings (SSSR count). The molecule has 2 aromatic rings. The van der Waals surface area contributed by atoms with Gasteiger partial charge in [0.2, 0.25) is 0 Å². The van der Waals surface area contributed by atoms with Crippen LogP contribution in [0.25, 0.3) is 0 Å². The van der Waals surface area contributed by atoms with Gasteiger partial charge in [-0.3, -0.25) is 0 Å². The second-order valence-corrected chi connectivity index (χ2v) is 6.44.